The Hall–Kier alpha value is -1.85. The topological polar surface area (TPSA) is 52.6 Å². The largest absolute Gasteiger partial charge is 0.389 e. The lowest BCUT2D eigenvalue weighted by molar-refractivity contribution is 0.199. The number of carbonyl (C=O) groups excluding carboxylic acids is 1. The molecule has 1 aromatic heterocycles. The van der Waals surface area contributed by atoms with Crippen LogP contribution in [-0.2, 0) is 13.0 Å². The number of rotatable bonds is 2. The van der Waals surface area contributed by atoms with Crippen molar-refractivity contribution in [1.29, 1.82) is 0 Å². The van der Waals surface area contributed by atoms with E-state index in [4.69, 9.17) is 0 Å². The molecule has 1 unspecified atom stereocenters. The SMILES string of the molecule is CC(O)c1ccc(NC(=O)N2CCc3sccc3C2)cc1. The molecule has 3 rings (SSSR count). The van der Waals surface area contributed by atoms with E-state index in [0.717, 1.165) is 24.2 Å². The summed E-state index contributed by atoms with van der Waals surface area (Å²) in [4.78, 5) is 15.5. The minimum absolute atomic E-state index is 0.0725. The average Bonchev–Trinajstić information content (AvgIpc) is 2.95. The standard InChI is InChI=1S/C16H18N2O2S/c1-11(19)12-2-4-14(5-3-12)17-16(20)18-8-6-15-13(10-18)7-9-21-15/h2-5,7,9,11,19H,6,8,10H2,1H3,(H,17,20). The fourth-order valence-electron chi connectivity index (χ4n) is 2.47. The van der Waals surface area contributed by atoms with Gasteiger partial charge in [0.15, 0.2) is 0 Å². The second-order valence-electron chi connectivity index (χ2n) is 5.27. The maximum atomic E-state index is 12.3. The molecule has 0 bridgehead atoms. The van der Waals surface area contributed by atoms with Crippen molar-refractivity contribution < 1.29 is 9.90 Å². The number of aliphatic hydroxyl groups excluding tert-OH is 1. The van der Waals surface area contributed by atoms with Gasteiger partial charge in [0.1, 0.15) is 0 Å². The molecule has 0 saturated heterocycles. The fraction of sp³-hybridized carbons (Fsp3) is 0.312. The predicted octanol–water partition coefficient (Wildman–Crippen LogP) is 3.39. The third-order valence-corrected chi connectivity index (χ3v) is 4.76. The van der Waals surface area contributed by atoms with E-state index in [1.807, 2.05) is 29.2 Å². The second kappa shape index (κ2) is 5.87. The van der Waals surface area contributed by atoms with E-state index in [2.05, 4.69) is 16.8 Å². The van der Waals surface area contributed by atoms with Gasteiger partial charge >= 0.3 is 6.03 Å². The van der Waals surface area contributed by atoms with Gasteiger partial charge in [0.25, 0.3) is 0 Å². The summed E-state index contributed by atoms with van der Waals surface area (Å²) in [6, 6.07) is 9.31. The Balaban J connectivity index is 1.64. The number of urea groups is 1. The molecule has 1 aliphatic rings. The van der Waals surface area contributed by atoms with Crippen LogP contribution in [0.15, 0.2) is 35.7 Å². The monoisotopic (exact) mass is 302 g/mol. The number of hydrogen-bond donors (Lipinski definition) is 2. The van der Waals surface area contributed by atoms with Crippen molar-refractivity contribution in [3.05, 3.63) is 51.7 Å². The number of thiophene rings is 1. The molecule has 1 aliphatic heterocycles. The lowest BCUT2D eigenvalue weighted by atomic mass is 10.1. The number of nitrogens with one attached hydrogen (secondary N) is 1. The molecule has 0 radical (unpaired) electrons. The van der Waals surface area contributed by atoms with Crippen LogP contribution in [0, 0.1) is 0 Å². The van der Waals surface area contributed by atoms with Crippen LogP contribution in [0.5, 0.6) is 0 Å². The lowest BCUT2D eigenvalue weighted by Crippen LogP contribution is -2.38. The number of benzene rings is 1. The van der Waals surface area contributed by atoms with Gasteiger partial charge in [-0.25, -0.2) is 4.79 Å². The highest BCUT2D eigenvalue weighted by molar-refractivity contribution is 7.10. The van der Waals surface area contributed by atoms with Crippen LogP contribution >= 0.6 is 11.3 Å². The summed E-state index contributed by atoms with van der Waals surface area (Å²) >= 11 is 1.77. The summed E-state index contributed by atoms with van der Waals surface area (Å²) in [5.41, 5.74) is 2.85. The van der Waals surface area contributed by atoms with Gasteiger partial charge in [0.2, 0.25) is 0 Å². The number of aliphatic hydroxyl groups is 1. The van der Waals surface area contributed by atoms with Gasteiger partial charge in [-0.05, 0) is 48.1 Å². The molecule has 1 atom stereocenters. The van der Waals surface area contributed by atoms with Gasteiger partial charge in [-0.3, -0.25) is 0 Å². The molecule has 2 heterocycles. The van der Waals surface area contributed by atoms with Gasteiger partial charge in [0, 0.05) is 23.7 Å². The van der Waals surface area contributed by atoms with Gasteiger partial charge in [-0.2, -0.15) is 0 Å². The highest BCUT2D eigenvalue weighted by atomic mass is 32.1. The van der Waals surface area contributed by atoms with Crippen LogP contribution in [0.2, 0.25) is 0 Å². The molecule has 4 nitrogen and oxygen atoms in total. The summed E-state index contributed by atoms with van der Waals surface area (Å²) < 4.78 is 0. The molecule has 110 valence electrons. The van der Waals surface area contributed by atoms with Crippen LogP contribution in [0.1, 0.15) is 29.0 Å². The van der Waals surface area contributed by atoms with Gasteiger partial charge in [-0.1, -0.05) is 12.1 Å². The Bertz CT molecular complexity index is 634. The Labute approximate surface area is 128 Å². The number of amides is 2. The van der Waals surface area contributed by atoms with E-state index in [1.54, 1.807) is 18.3 Å². The van der Waals surface area contributed by atoms with Crippen molar-refractivity contribution in [2.45, 2.75) is 26.0 Å². The minimum atomic E-state index is -0.492. The molecule has 21 heavy (non-hydrogen) atoms. The van der Waals surface area contributed by atoms with E-state index >= 15 is 0 Å². The number of carbonyl (C=O) groups is 1. The van der Waals surface area contributed by atoms with Gasteiger partial charge in [-0.15, -0.1) is 11.3 Å². The highest BCUT2D eigenvalue weighted by Gasteiger charge is 2.21. The van der Waals surface area contributed by atoms with E-state index < -0.39 is 6.10 Å². The van der Waals surface area contributed by atoms with Crippen molar-refractivity contribution >= 4 is 23.1 Å². The van der Waals surface area contributed by atoms with Crippen LogP contribution in [0.25, 0.3) is 0 Å². The number of nitrogens with zero attached hydrogens (tertiary/aromatic N) is 1. The molecule has 0 aliphatic carbocycles. The van der Waals surface area contributed by atoms with E-state index in [9.17, 15) is 9.90 Å². The molecule has 0 spiro atoms. The van der Waals surface area contributed by atoms with Gasteiger partial charge in [0.05, 0.1) is 6.10 Å². The van der Waals surface area contributed by atoms with Crippen molar-refractivity contribution in [3.63, 3.8) is 0 Å². The normalized spacial score (nSPS) is 15.4. The van der Waals surface area contributed by atoms with Crippen LogP contribution in [0.4, 0.5) is 10.5 Å². The Morgan fingerprint density at radius 3 is 2.81 bits per heavy atom. The molecule has 2 amide bonds. The van der Waals surface area contributed by atoms with E-state index in [-0.39, 0.29) is 6.03 Å². The predicted molar refractivity (Wildman–Crippen MR) is 84.5 cm³/mol. The first-order chi connectivity index (χ1) is 10.1. The number of anilines is 1. The van der Waals surface area contributed by atoms with Crippen molar-refractivity contribution in [3.8, 4) is 0 Å². The van der Waals surface area contributed by atoms with Crippen molar-refractivity contribution in [1.82, 2.24) is 4.90 Å². The summed E-state index contributed by atoms with van der Waals surface area (Å²) in [6.07, 6.45) is 0.440. The zero-order chi connectivity index (χ0) is 14.8. The molecular formula is C16H18N2O2S. The Morgan fingerprint density at radius 2 is 2.10 bits per heavy atom. The molecule has 2 N–H and O–H groups in total. The van der Waals surface area contributed by atoms with Crippen LogP contribution < -0.4 is 5.32 Å². The van der Waals surface area contributed by atoms with E-state index in [0.29, 0.717) is 6.54 Å². The maximum absolute atomic E-state index is 12.3. The first kappa shape index (κ1) is 14.1. The first-order valence-electron chi connectivity index (χ1n) is 7.02. The second-order valence-corrected chi connectivity index (χ2v) is 6.27. The van der Waals surface area contributed by atoms with Crippen molar-refractivity contribution in [2.24, 2.45) is 0 Å². The zero-order valence-corrected chi connectivity index (χ0v) is 12.7. The van der Waals surface area contributed by atoms with Gasteiger partial charge < -0.3 is 15.3 Å². The van der Waals surface area contributed by atoms with E-state index in [1.165, 1.54) is 10.4 Å². The summed E-state index contributed by atoms with van der Waals surface area (Å²) in [5, 5.41) is 14.5. The van der Waals surface area contributed by atoms with Crippen LogP contribution in [-0.4, -0.2) is 22.6 Å². The number of hydrogen-bond acceptors (Lipinski definition) is 3. The Morgan fingerprint density at radius 1 is 1.33 bits per heavy atom. The summed E-state index contributed by atoms with van der Waals surface area (Å²) in [5.74, 6) is 0. The minimum Gasteiger partial charge on any atom is -0.389 e. The molecule has 0 saturated carbocycles. The Kier molecular flexibility index (Phi) is 3.94. The number of fused-ring (bicyclic) bond motifs is 1. The first-order valence-corrected chi connectivity index (χ1v) is 7.90. The lowest BCUT2D eigenvalue weighted by Gasteiger charge is -2.27. The zero-order valence-electron chi connectivity index (χ0n) is 11.9. The van der Waals surface area contributed by atoms with Crippen LogP contribution in [0.3, 0.4) is 0 Å². The highest BCUT2D eigenvalue weighted by Crippen LogP contribution is 2.24. The third kappa shape index (κ3) is 3.09. The molecule has 2 aromatic rings. The smallest absolute Gasteiger partial charge is 0.322 e. The molecule has 5 heteroatoms. The molecular weight excluding hydrogens is 284 g/mol. The average molecular weight is 302 g/mol. The molecule has 1 aromatic carbocycles. The molecule has 0 fully saturated rings. The maximum Gasteiger partial charge on any atom is 0.322 e. The third-order valence-electron chi connectivity index (χ3n) is 3.74. The quantitative estimate of drug-likeness (QED) is 0.893. The summed E-state index contributed by atoms with van der Waals surface area (Å²) in [7, 11) is 0. The van der Waals surface area contributed by atoms with Crippen molar-refractivity contribution in [2.75, 3.05) is 11.9 Å². The summed E-state index contributed by atoms with van der Waals surface area (Å²) in [6.45, 7) is 3.15. The fourth-order valence-corrected chi connectivity index (χ4v) is 3.36.